The van der Waals surface area contributed by atoms with Gasteiger partial charge in [-0.2, -0.15) is 5.10 Å². The van der Waals surface area contributed by atoms with Crippen molar-refractivity contribution in [2.24, 2.45) is 10.2 Å². The molecule has 0 aliphatic carbocycles. The number of carbonyl (C=O) groups excluding carboxylic acids is 2. The number of anilines is 1. The predicted octanol–water partition coefficient (Wildman–Crippen LogP) is 1.61. The van der Waals surface area contributed by atoms with E-state index in [1.807, 2.05) is 18.2 Å². The minimum atomic E-state index is -0.468. The van der Waals surface area contributed by atoms with Gasteiger partial charge in [0, 0.05) is 18.3 Å². The Labute approximate surface area is 120 Å². The minimum Gasteiger partial charge on any atom is -0.326 e. The minimum absolute atomic E-state index is 0.0975. The van der Waals surface area contributed by atoms with E-state index in [4.69, 9.17) is 0 Å². The Hall–Kier alpha value is -2.15. The average Bonchev–Trinajstić information content (AvgIpc) is 2.78. The Kier molecular flexibility index (Phi) is 4.89. The quantitative estimate of drug-likeness (QED) is 0.653. The number of rotatable bonds is 4. The van der Waals surface area contributed by atoms with Crippen molar-refractivity contribution in [1.29, 1.82) is 0 Å². The van der Waals surface area contributed by atoms with E-state index in [9.17, 15) is 9.59 Å². The number of hydrogen-bond donors (Lipinski definition) is 2. The maximum Gasteiger partial charge on any atom is 0.240 e. The van der Waals surface area contributed by atoms with Crippen LogP contribution in [0.2, 0.25) is 0 Å². The molecule has 0 radical (unpaired) electrons. The second-order valence-corrected chi connectivity index (χ2v) is 5.18. The summed E-state index contributed by atoms with van der Waals surface area (Å²) in [5, 5.41) is 12.8. The van der Waals surface area contributed by atoms with Gasteiger partial charge in [-0.05, 0) is 19.1 Å². The lowest BCUT2D eigenvalue weighted by Gasteiger charge is -2.06. The van der Waals surface area contributed by atoms with E-state index in [1.54, 1.807) is 19.1 Å². The Morgan fingerprint density at radius 3 is 2.90 bits per heavy atom. The van der Waals surface area contributed by atoms with Gasteiger partial charge in [0.2, 0.25) is 11.8 Å². The topological polar surface area (TPSA) is 82.9 Å². The van der Waals surface area contributed by atoms with Crippen molar-refractivity contribution in [3.8, 4) is 0 Å². The second-order valence-electron chi connectivity index (χ2n) is 3.99. The molecule has 1 aliphatic heterocycles. The summed E-state index contributed by atoms with van der Waals surface area (Å²) >= 11 is 1.21. The number of nitrogens with one attached hydrogen (secondary N) is 2. The Bertz CT molecular complexity index is 557. The van der Waals surface area contributed by atoms with E-state index in [0.29, 0.717) is 10.9 Å². The first-order valence-corrected chi connectivity index (χ1v) is 6.95. The number of hydrogen-bond acceptors (Lipinski definition) is 5. The Morgan fingerprint density at radius 1 is 1.45 bits per heavy atom. The van der Waals surface area contributed by atoms with Gasteiger partial charge in [-0.15, -0.1) is 5.10 Å². The largest absolute Gasteiger partial charge is 0.326 e. The number of amides is 2. The fourth-order valence-corrected chi connectivity index (χ4v) is 2.52. The van der Waals surface area contributed by atoms with Gasteiger partial charge >= 0.3 is 0 Å². The lowest BCUT2D eigenvalue weighted by atomic mass is 10.2. The summed E-state index contributed by atoms with van der Waals surface area (Å²) in [6.07, 6.45) is 1.62. The molecule has 1 heterocycles. The number of amidine groups is 1. The molecule has 1 aliphatic rings. The molecule has 1 atom stereocenters. The SMILES string of the molecule is C/C=N\N=C1/NC(=O)[C@@H](CC(=O)Nc2ccccc2)S1. The number of carbonyl (C=O) groups is 2. The van der Waals surface area contributed by atoms with E-state index >= 15 is 0 Å². The third-order valence-corrected chi connectivity index (χ3v) is 3.54. The van der Waals surface area contributed by atoms with Gasteiger partial charge in [0.15, 0.2) is 5.17 Å². The Balaban J connectivity index is 1.90. The third kappa shape index (κ3) is 3.92. The number of nitrogens with zero attached hydrogens (tertiary/aromatic N) is 2. The van der Waals surface area contributed by atoms with Crippen LogP contribution >= 0.6 is 11.8 Å². The third-order valence-electron chi connectivity index (χ3n) is 2.47. The molecule has 7 heteroatoms. The summed E-state index contributed by atoms with van der Waals surface area (Å²) in [5.74, 6) is -0.424. The van der Waals surface area contributed by atoms with Crippen molar-refractivity contribution in [3.63, 3.8) is 0 Å². The van der Waals surface area contributed by atoms with Crippen LogP contribution in [0.1, 0.15) is 13.3 Å². The van der Waals surface area contributed by atoms with Crippen molar-refractivity contribution in [2.45, 2.75) is 18.6 Å². The second kappa shape index (κ2) is 6.85. The highest BCUT2D eigenvalue weighted by Gasteiger charge is 2.32. The van der Waals surface area contributed by atoms with Gasteiger partial charge in [-0.25, -0.2) is 0 Å². The van der Waals surface area contributed by atoms with E-state index in [2.05, 4.69) is 20.8 Å². The summed E-state index contributed by atoms with van der Waals surface area (Å²) in [4.78, 5) is 23.6. The molecule has 1 saturated heterocycles. The zero-order valence-corrected chi connectivity index (χ0v) is 11.7. The molecule has 1 fully saturated rings. The normalized spacial score (nSPS) is 20.4. The molecule has 0 unspecified atom stereocenters. The van der Waals surface area contributed by atoms with Crippen molar-refractivity contribution in [1.82, 2.24) is 5.32 Å². The van der Waals surface area contributed by atoms with E-state index in [1.165, 1.54) is 18.0 Å². The van der Waals surface area contributed by atoms with Crippen molar-refractivity contribution in [2.75, 3.05) is 5.32 Å². The monoisotopic (exact) mass is 290 g/mol. The van der Waals surface area contributed by atoms with Gasteiger partial charge in [0.05, 0.1) is 0 Å². The fraction of sp³-hybridized carbons (Fsp3) is 0.231. The van der Waals surface area contributed by atoms with E-state index in [-0.39, 0.29) is 18.2 Å². The maximum absolute atomic E-state index is 11.9. The molecule has 0 saturated carbocycles. The summed E-state index contributed by atoms with van der Waals surface area (Å²) in [6, 6.07) is 9.12. The standard InChI is InChI=1S/C13H14N4O2S/c1-2-14-17-13-16-12(19)10(20-13)8-11(18)15-9-6-4-3-5-7-9/h2-7,10H,8H2,1H3,(H,15,18)(H,16,17,19)/b14-2-/t10-/m1/s1. The molecule has 104 valence electrons. The Morgan fingerprint density at radius 2 is 2.20 bits per heavy atom. The summed E-state index contributed by atoms with van der Waals surface area (Å²) in [5.41, 5.74) is 0.713. The molecule has 0 bridgehead atoms. The van der Waals surface area contributed by atoms with Crippen molar-refractivity contribution >= 4 is 40.6 Å². The molecular formula is C13H14N4O2S. The lowest BCUT2D eigenvalue weighted by molar-refractivity contribution is -0.122. The van der Waals surface area contributed by atoms with Crippen LogP contribution in [0.3, 0.4) is 0 Å². The van der Waals surface area contributed by atoms with Crippen LogP contribution < -0.4 is 10.6 Å². The average molecular weight is 290 g/mol. The van der Waals surface area contributed by atoms with Gasteiger partial charge in [-0.3, -0.25) is 9.59 Å². The fourth-order valence-electron chi connectivity index (χ4n) is 1.60. The van der Waals surface area contributed by atoms with Gasteiger partial charge in [-0.1, -0.05) is 30.0 Å². The molecule has 1 aromatic rings. The molecule has 0 aromatic heterocycles. The van der Waals surface area contributed by atoms with Crippen LogP contribution in [-0.2, 0) is 9.59 Å². The highest BCUT2D eigenvalue weighted by Crippen LogP contribution is 2.23. The molecule has 6 nitrogen and oxygen atoms in total. The molecule has 2 rings (SSSR count). The lowest BCUT2D eigenvalue weighted by Crippen LogP contribution is -2.28. The summed E-state index contributed by atoms with van der Waals surface area (Å²) < 4.78 is 0. The van der Waals surface area contributed by atoms with E-state index in [0.717, 1.165) is 0 Å². The maximum atomic E-state index is 11.9. The van der Waals surface area contributed by atoms with Crippen LogP contribution in [0.25, 0.3) is 0 Å². The first-order chi connectivity index (χ1) is 9.69. The molecule has 0 spiro atoms. The van der Waals surface area contributed by atoms with Crippen molar-refractivity contribution < 1.29 is 9.59 Å². The van der Waals surface area contributed by atoms with Gasteiger partial charge < -0.3 is 10.6 Å². The number of benzene rings is 1. The molecular weight excluding hydrogens is 276 g/mol. The van der Waals surface area contributed by atoms with Crippen molar-refractivity contribution in [3.05, 3.63) is 30.3 Å². The molecule has 2 amide bonds. The molecule has 1 aromatic carbocycles. The van der Waals surface area contributed by atoms with Gasteiger partial charge in [0.1, 0.15) is 5.25 Å². The van der Waals surface area contributed by atoms with E-state index < -0.39 is 5.25 Å². The first-order valence-electron chi connectivity index (χ1n) is 6.07. The predicted molar refractivity (Wildman–Crippen MR) is 80.8 cm³/mol. The van der Waals surface area contributed by atoms with Gasteiger partial charge in [0.25, 0.3) is 0 Å². The summed E-state index contributed by atoms with van der Waals surface area (Å²) in [6.45, 7) is 1.73. The van der Waals surface area contributed by atoms with Crippen LogP contribution in [0.4, 0.5) is 5.69 Å². The van der Waals surface area contributed by atoms with Crippen LogP contribution in [0, 0.1) is 0 Å². The smallest absolute Gasteiger partial charge is 0.240 e. The van der Waals surface area contributed by atoms with Crippen LogP contribution in [0.5, 0.6) is 0 Å². The number of para-hydroxylation sites is 1. The zero-order valence-electron chi connectivity index (χ0n) is 10.9. The molecule has 20 heavy (non-hydrogen) atoms. The van der Waals surface area contributed by atoms with Crippen LogP contribution in [0.15, 0.2) is 40.5 Å². The summed E-state index contributed by atoms with van der Waals surface area (Å²) in [7, 11) is 0. The highest BCUT2D eigenvalue weighted by molar-refractivity contribution is 8.15. The highest BCUT2D eigenvalue weighted by atomic mass is 32.2. The number of thioether (sulfide) groups is 1. The van der Waals surface area contributed by atoms with Crippen LogP contribution in [-0.4, -0.2) is 28.4 Å². The first kappa shape index (κ1) is 14.3. The molecule has 2 N–H and O–H groups in total. The zero-order chi connectivity index (χ0) is 14.4.